The zero-order chi connectivity index (χ0) is 16.5. The lowest BCUT2D eigenvalue weighted by molar-refractivity contribution is -0.0436. The second kappa shape index (κ2) is 5.88. The molecule has 122 valence electrons. The van der Waals surface area contributed by atoms with E-state index in [-0.39, 0.29) is 17.5 Å². The summed E-state index contributed by atoms with van der Waals surface area (Å²) in [5.74, 6) is -0.329. The minimum Gasteiger partial charge on any atom is -0.336 e. The summed E-state index contributed by atoms with van der Waals surface area (Å²) in [6.45, 7) is 3.53. The quantitative estimate of drug-likeness (QED) is 0.887. The average Bonchev–Trinajstić information content (AvgIpc) is 2.45. The molecule has 1 aromatic carbocycles. The van der Waals surface area contributed by atoms with E-state index in [1.807, 2.05) is 6.92 Å². The summed E-state index contributed by atoms with van der Waals surface area (Å²) in [4.78, 5) is 12.9. The molecule has 5 nitrogen and oxygen atoms in total. The molecule has 1 fully saturated rings. The summed E-state index contributed by atoms with van der Waals surface area (Å²) in [7, 11) is -5.39. The van der Waals surface area contributed by atoms with Gasteiger partial charge in [-0.2, -0.15) is 13.2 Å². The monoisotopic (exact) mass is 336 g/mol. The minimum atomic E-state index is -5.39. The highest BCUT2D eigenvalue weighted by Gasteiger charge is 2.46. The maximum Gasteiger partial charge on any atom is 0.501 e. The topological polar surface area (TPSA) is 66.5 Å². The molecule has 0 saturated carbocycles. The highest BCUT2D eigenvalue weighted by atomic mass is 32.2. The van der Waals surface area contributed by atoms with Crippen molar-refractivity contribution in [3.8, 4) is 0 Å². The number of nitrogens with zero attached hydrogens (tertiary/aromatic N) is 1. The van der Waals surface area contributed by atoms with Crippen molar-refractivity contribution in [2.75, 3.05) is 19.6 Å². The summed E-state index contributed by atoms with van der Waals surface area (Å²) < 4.78 is 59.8. The predicted octanol–water partition coefficient (Wildman–Crippen LogP) is 1.41. The molecule has 1 amide bonds. The van der Waals surface area contributed by atoms with E-state index in [4.69, 9.17) is 0 Å². The van der Waals surface area contributed by atoms with Gasteiger partial charge in [0.25, 0.3) is 15.7 Å². The fraction of sp³-hybridized carbons (Fsp3) is 0.462. The van der Waals surface area contributed by atoms with Gasteiger partial charge in [-0.1, -0.05) is 0 Å². The largest absolute Gasteiger partial charge is 0.501 e. The van der Waals surface area contributed by atoms with E-state index in [2.05, 4.69) is 5.32 Å². The van der Waals surface area contributed by atoms with Crippen molar-refractivity contribution < 1.29 is 26.4 Å². The molecule has 2 rings (SSSR count). The molecule has 0 aliphatic carbocycles. The third kappa shape index (κ3) is 3.25. The maximum absolute atomic E-state index is 12.4. The molecule has 22 heavy (non-hydrogen) atoms. The Morgan fingerprint density at radius 2 is 1.86 bits per heavy atom. The van der Waals surface area contributed by atoms with Crippen molar-refractivity contribution in [3.63, 3.8) is 0 Å². The number of amides is 1. The molecule has 0 bridgehead atoms. The lowest BCUT2D eigenvalue weighted by Crippen LogP contribution is -2.51. The van der Waals surface area contributed by atoms with Gasteiger partial charge in [-0.3, -0.25) is 4.79 Å². The van der Waals surface area contributed by atoms with E-state index < -0.39 is 20.2 Å². The van der Waals surface area contributed by atoms with E-state index in [1.54, 1.807) is 4.90 Å². The molecule has 0 radical (unpaired) electrons. The smallest absolute Gasteiger partial charge is 0.336 e. The van der Waals surface area contributed by atoms with Gasteiger partial charge in [0.2, 0.25) is 0 Å². The molecule has 0 aromatic heterocycles. The van der Waals surface area contributed by atoms with Gasteiger partial charge in [-0.25, -0.2) is 8.42 Å². The molecule has 1 atom stereocenters. The van der Waals surface area contributed by atoms with E-state index in [9.17, 15) is 26.4 Å². The number of benzene rings is 1. The van der Waals surface area contributed by atoms with Crippen LogP contribution in [0.25, 0.3) is 0 Å². The Kier molecular flexibility index (Phi) is 4.48. The average molecular weight is 336 g/mol. The summed E-state index contributed by atoms with van der Waals surface area (Å²) in [6, 6.07) is 3.95. The predicted molar refractivity (Wildman–Crippen MR) is 73.1 cm³/mol. The van der Waals surface area contributed by atoms with E-state index in [1.165, 1.54) is 0 Å². The van der Waals surface area contributed by atoms with E-state index in [0.717, 1.165) is 24.3 Å². The van der Waals surface area contributed by atoms with Crippen molar-refractivity contribution in [2.24, 2.45) is 0 Å². The third-order valence-electron chi connectivity index (χ3n) is 3.37. The first-order valence-electron chi connectivity index (χ1n) is 6.57. The van der Waals surface area contributed by atoms with Gasteiger partial charge in [-0.05, 0) is 31.2 Å². The van der Waals surface area contributed by atoms with Gasteiger partial charge in [0.15, 0.2) is 0 Å². The molecule has 9 heteroatoms. The fourth-order valence-corrected chi connectivity index (χ4v) is 2.97. The Hall–Kier alpha value is -1.61. The van der Waals surface area contributed by atoms with Crippen molar-refractivity contribution in [3.05, 3.63) is 29.8 Å². The summed E-state index contributed by atoms with van der Waals surface area (Å²) in [6.07, 6.45) is 0. The molecular weight excluding hydrogens is 321 g/mol. The molecule has 0 spiro atoms. The van der Waals surface area contributed by atoms with Crippen LogP contribution in [0.1, 0.15) is 17.3 Å². The zero-order valence-electron chi connectivity index (χ0n) is 11.7. The van der Waals surface area contributed by atoms with Crippen LogP contribution in [-0.4, -0.2) is 50.4 Å². The summed E-state index contributed by atoms with van der Waals surface area (Å²) in [5.41, 5.74) is -5.19. The third-order valence-corrected chi connectivity index (χ3v) is 4.87. The number of sulfone groups is 1. The van der Waals surface area contributed by atoms with Gasteiger partial charge >= 0.3 is 5.51 Å². The molecule has 1 unspecified atom stereocenters. The number of rotatable bonds is 2. The van der Waals surface area contributed by atoms with Gasteiger partial charge < -0.3 is 10.2 Å². The van der Waals surface area contributed by atoms with E-state index in [0.29, 0.717) is 19.6 Å². The summed E-state index contributed by atoms with van der Waals surface area (Å²) >= 11 is 0. The Morgan fingerprint density at radius 3 is 2.36 bits per heavy atom. The fourth-order valence-electron chi connectivity index (χ4n) is 2.21. The van der Waals surface area contributed by atoms with Crippen molar-refractivity contribution in [1.29, 1.82) is 0 Å². The Labute approximate surface area is 126 Å². The number of hydrogen-bond acceptors (Lipinski definition) is 4. The number of halogens is 3. The molecule has 1 heterocycles. The second-order valence-electron chi connectivity index (χ2n) is 5.08. The Morgan fingerprint density at radius 1 is 1.27 bits per heavy atom. The molecule has 1 aliphatic heterocycles. The lowest BCUT2D eigenvalue weighted by atomic mass is 10.1. The first-order chi connectivity index (χ1) is 10.1. The van der Waals surface area contributed by atoms with Crippen LogP contribution < -0.4 is 5.32 Å². The van der Waals surface area contributed by atoms with Crippen LogP contribution in [0.3, 0.4) is 0 Å². The number of alkyl halides is 3. The standard InChI is InChI=1S/C13H15F3N2O3S/c1-9-8-18(7-6-17-9)12(19)10-2-4-11(5-3-10)22(20,21)13(14,15)16/h2-5,9,17H,6-8H2,1H3. The number of nitrogens with one attached hydrogen (secondary N) is 1. The Bertz CT molecular complexity index is 656. The number of carbonyl (C=O) groups is 1. The number of carbonyl (C=O) groups excluding carboxylic acids is 1. The van der Waals surface area contributed by atoms with Gasteiger partial charge in [0, 0.05) is 31.2 Å². The van der Waals surface area contributed by atoms with Crippen molar-refractivity contribution in [1.82, 2.24) is 10.2 Å². The number of hydrogen-bond donors (Lipinski definition) is 1. The normalized spacial score (nSPS) is 20.0. The zero-order valence-corrected chi connectivity index (χ0v) is 12.5. The first kappa shape index (κ1) is 16.8. The van der Waals surface area contributed by atoms with Crippen LogP contribution in [0.15, 0.2) is 29.2 Å². The molecule has 1 aromatic rings. The first-order valence-corrected chi connectivity index (χ1v) is 8.05. The lowest BCUT2D eigenvalue weighted by Gasteiger charge is -2.32. The molecule has 1 saturated heterocycles. The Balaban J connectivity index is 2.21. The van der Waals surface area contributed by atoms with Gasteiger partial charge in [0.05, 0.1) is 4.90 Å². The van der Waals surface area contributed by atoms with Crippen LogP contribution in [0.4, 0.5) is 13.2 Å². The maximum atomic E-state index is 12.4. The van der Waals surface area contributed by atoms with Crippen LogP contribution in [0.5, 0.6) is 0 Å². The van der Waals surface area contributed by atoms with Gasteiger partial charge in [-0.15, -0.1) is 0 Å². The minimum absolute atomic E-state index is 0.127. The highest BCUT2D eigenvalue weighted by Crippen LogP contribution is 2.30. The van der Waals surface area contributed by atoms with Gasteiger partial charge in [0.1, 0.15) is 0 Å². The van der Waals surface area contributed by atoms with Crippen LogP contribution in [-0.2, 0) is 9.84 Å². The van der Waals surface area contributed by atoms with Crippen LogP contribution >= 0.6 is 0 Å². The molecular formula is C13H15F3N2O3S. The van der Waals surface area contributed by atoms with Crippen molar-refractivity contribution in [2.45, 2.75) is 23.4 Å². The van der Waals surface area contributed by atoms with E-state index >= 15 is 0 Å². The summed E-state index contributed by atoms with van der Waals surface area (Å²) in [5, 5.41) is 3.17. The second-order valence-corrected chi connectivity index (χ2v) is 7.02. The van der Waals surface area contributed by atoms with Crippen LogP contribution in [0.2, 0.25) is 0 Å². The SMILES string of the molecule is CC1CN(C(=O)c2ccc(S(=O)(=O)C(F)(F)F)cc2)CCN1. The highest BCUT2D eigenvalue weighted by molar-refractivity contribution is 7.92. The molecule has 1 aliphatic rings. The molecule has 1 N–H and O–H groups in total. The number of piperazine rings is 1. The van der Waals surface area contributed by atoms with Crippen molar-refractivity contribution >= 4 is 15.7 Å². The van der Waals surface area contributed by atoms with Crippen LogP contribution in [0, 0.1) is 0 Å².